The lowest BCUT2D eigenvalue weighted by Crippen LogP contribution is -2.49. The molecule has 0 saturated carbocycles. The minimum absolute atomic E-state index is 0.0711. The smallest absolute Gasteiger partial charge is 0.475 e. The van der Waals surface area contributed by atoms with E-state index < -0.39 is 17.6 Å². The van der Waals surface area contributed by atoms with E-state index in [1.165, 1.54) is 0 Å². The Morgan fingerprint density at radius 1 is 1.12 bits per heavy atom. The molecule has 2 aliphatic rings. The normalized spacial score (nSPS) is 20.2. The van der Waals surface area contributed by atoms with Gasteiger partial charge in [-0.1, -0.05) is 6.07 Å². The number of rotatable bonds is 3. The molecule has 2 aromatic heterocycles. The molecule has 2 saturated heterocycles. The molecule has 2 fully saturated rings. The summed E-state index contributed by atoms with van der Waals surface area (Å²) in [5.41, 5.74) is 1.94. The maximum Gasteiger partial charge on any atom is 0.490 e. The number of halogens is 3. The number of aryl methyl sites for hydroxylation is 1. The summed E-state index contributed by atoms with van der Waals surface area (Å²) >= 11 is 0. The van der Waals surface area contributed by atoms with Crippen LogP contribution in [0.25, 0.3) is 0 Å². The van der Waals surface area contributed by atoms with Crippen LogP contribution in [0.4, 0.5) is 13.2 Å². The Morgan fingerprint density at radius 2 is 1.79 bits per heavy atom. The molecule has 2 amide bonds. The first-order valence-corrected chi connectivity index (χ1v) is 10.7. The predicted molar refractivity (Wildman–Crippen MR) is 115 cm³/mol. The molecule has 34 heavy (non-hydrogen) atoms. The number of amides is 2. The number of hydrogen-bond acceptors (Lipinski definition) is 5. The number of carbonyl (C=O) groups excluding carboxylic acids is 2. The Morgan fingerprint density at radius 3 is 2.41 bits per heavy atom. The number of aliphatic carboxylic acids is 1. The molecule has 11 heteroatoms. The Bertz CT molecular complexity index is 1050. The second-order valence-electron chi connectivity index (χ2n) is 8.41. The maximum atomic E-state index is 13.2. The molecular formula is C23H25F3N4O4. The summed E-state index contributed by atoms with van der Waals surface area (Å²) in [6.07, 6.45) is 0.932. The van der Waals surface area contributed by atoms with Gasteiger partial charge in [-0.05, 0) is 56.0 Å². The molecule has 8 nitrogen and oxygen atoms in total. The van der Waals surface area contributed by atoms with E-state index in [0.717, 1.165) is 37.1 Å². The molecule has 1 atom stereocenters. The summed E-state index contributed by atoms with van der Waals surface area (Å²) in [7, 11) is 0. The first-order chi connectivity index (χ1) is 16.0. The van der Waals surface area contributed by atoms with Gasteiger partial charge in [0.05, 0.1) is 5.41 Å². The average molecular weight is 478 g/mol. The average Bonchev–Trinajstić information content (AvgIpc) is 3.08. The van der Waals surface area contributed by atoms with E-state index in [9.17, 15) is 22.8 Å². The summed E-state index contributed by atoms with van der Waals surface area (Å²) in [5.74, 6) is -2.65. The molecule has 0 bridgehead atoms. The molecule has 4 rings (SSSR count). The van der Waals surface area contributed by atoms with Crippen LogP contribution in [0.1, 0.15) is 41.0 Å². The van der Waals surface area contributed by atoms with Crippen LogP contribution in [-0.4, -0.2) is 68.5 Å². The van der Waals surface area contributed by atoms with E-state index in [-0.39, 0.29) is 11.8 Å². The number of pyridine rings is 2. The van der Waals surface area contributed by atoms with Gasteiger partial charge >= 0.3 is 12.1 Å². The third-order valence-corrected chi connectivity index (χ3v) is 5.94. The van der Waals surface area contributed by atoms with E-state index in [2.05, 4.69) is 9.97 Å². The molecule has 1 N–H and O–H groups in total. The highest BCUT2D eigenvalue weighted by Crippen LogP contribution is 2.41. The number of alkyl halides is 3. The molecule has 182 valence electrons. The monoisotopic (exact) mass is 478 g/mol. The molecule has 0 aromatic carbocycles. The minimum atomic E-state index is -5.08. The van der Waals surface area contributed by atoms with Crippen LogP contribution in [0, 0.1) is 12.3 Å². The molecule has 1 spiro atoms. The molecule has 1 unspecified atom stereocenters. The van der Waals surface area contributed by atoms with Gasteiger partial charge in [-0.15, -0.1) is 0 Å². The zero-order chi connectivity index (χ0) is 24.9. The van der Waals surface area contributed by atoms with Crippen molar-refractivity contribution >= 4 is 17.8 Å². The second-order valence-corrected chi connectivity index (χ2v) is 8.41. The van der Waals surface area contributed by atoms with Crippen molar-refractivity contribution < 1.29 is 32.7 Å². The Labute approximate surface area is 194 Å². The zero-order valence-electron chi connectivity index (χ0n) is 18.6. The number of likely N-dealkylation sites (tertiary alicyclic amines) is 2. The lowest BCUT2D eigenvalue weighted by Gasteiger charge is -2.39. The van der Waals surface area contributed by atoms with E-state index >= 15 is 0 Å². The summed E-state index contributed by atoms with van der Waals surface area (Å²) in [4.78, 5) is 47.1. The van der Waals surface area contributed by atoms with Gasteiger partial charge in [-0.2, -0.15) is 13.2 Å². The van der Waals surface area contributed by atoms with Crippen molar-refractivity contribution in [1.82, 2.24) is 19.8 Å². The quantitative estimate of drug-likeness (QED) is 0.727. The van der Waals surface area contributed by atoms with Crippen molar-refractivity contribution in [2.24, 2.45) is 5.41 Å². The van der Waals surface area contributed by atoms with Gasteiger partial charge in [0.1, 0.15) is 5.69 Å². The number of aromatic nitrogens is 2. The lowest BCUT2D eigenvalue weighted by atomic mass is 9.78. The summed E-state index contributed by atoms with van der Waals surface area (Å²) in [5, 5.41) is 7.12. The maximum absolute atomic E-state index is 13.2. The number of carboxylic acid groups (broad SMARTS) is 1. The fourth-order valence-corrected chi connectivity index (χ4v) is 4.26. The van der Waals surface area contributed by atoms with Crippen molar-refractivity contribution in [2.75, 3.05) is 19.6 Å². The number of hydrogen-bond donors (Lipinski definition) is 1. The van der Waals surface area contributed by atoms with Crippen molar-refractivity contribution in [3.8, 4) is 0 Å². The number of carboxylic acids is 1. The highest BCUT2D eigenvalue weighted by atomic mass is 19.4. The fraction of sp³-hybridized carbons (Fsp3) is 0.435. The van der Waals surface area contributed by atoms with E-state index in [0.29, 0.717) is 25.3 Å². The Balaban J connectivity index is 0.000000406. The Kier molecular flexibility index (Phi) is 7.53. The molecule has 0 radical (unpaired) electrons. The molecular weight excluding hydrogens is 453 g/mol. The van der Waals surface area contributed by atoms with E-state index in [4.69, 9.17) is 9.90 Å². The largest absolute Gasteiger partial charge is 0.490 e. The van der Waals surface area contributed by atoms with Crippen LogP contribution in [0.5, 0.6) is 0 Å². The highest BCUT2D eigenvalue weighted by molar-refractivity contribution is 5.93. The topological polar surface area (TPSA) is 104 Å². The summed E-state index contributed by atoms with van der Waals surface area (Å²) in [6, 6.07) is 9.37. The summed E-state index contributed by atoms with van der Waals surface area (Å²) < 4.78 is 31.7. The second kappa shape index (κ2) is 10.2. The third kappa shape index (κ3) is 5.89. The SMILES string of the molecule is Cc1cccc(C(=O)N2CCCC3(CCN(Cc4ccncc4)C3=O)C2)n1.O=C(O)C(F)(F)F. The molecule has 2 aromatic rings. The van der Waals surface area contributed by atoms with Gasteiger partial charge in [0, 0.05) is 44.3 Å². The molecule has 0 aliphatic carbocycles. The van der Waals surface area contributed by atoms with Crippen molar-refractivity contribution in [3.63, 3.8) is 0 Å². The minimum Gasteiger partial charge on any atom is -0.475 e. The van der Waals surface area contributed by atoms with Crippen LogP contribution in [0.2, 0.25) is 0 Å². The van der Waals surface area contributed by atoms with Crippen LogP contribution in [0.3, 0.4) is 0 Å². The lowest BCUT2D eigenvalue weighted by molar-refractivity contribution is -0.192. The number of carbonyl (C=O) groups is 3. The van der Waals surface area contributed by atoms with Crippen LogP contribution < -0.4 is 0 Å². The highest BCUT2D eigenvalue weighted by Gasteiger charge is 2.49. The van der Waals surface area contributed by atoms with E-state index in [1.807, 2.05) is 41.0 Å². The van der Waals surface area contributed by atoms with Crippen molar-refractivity contribution in [2.45, 2.75) is 38.9 Å². The van der Waals surface area contributed by atoms with Crippen LogP contribution >= 0.6 is 0 Å². The van der Waals surface area contributed by atoms with Crippen LogP contribution in [0.15, 0.2) is 42.7 Å². The molecule has 4 heterocycles. The van der Waals surface area contributed by atoms with Crippen LogP contribution in [-0.2, 0) is 16.1 Å². The zero-order valence-corrected chi connectivity index (χ0v) is 18.6. The van der Waals surface area contributed by atoms with Crippen molar-refractivity contribution in [1.29, 1.82) is 0 Å². The van der Waals surface area contributed by atoms with Gasteiger partial charge in [-0.3, -0.25) is 14.6 Å². The predicted octanol–water partition coefficient (Wildman–Crippen LogP) is 3.07. The van der Waals surface area contributed by atoms with E-state index in [1.54, 1.807) is 18.5 Å². The summed E-state index contributed by atoms with van der Waals surface area (Å²) in [6.45, 7) is 4.41. The first kappa shape index (κ1) is 25.1. The first-order valence-electron chi connectivity index (χ1n) is 10.7. The molecule has 2 aliphatic heterocycles. The van der Waals surface area contributed by atoms with Gasteiger partial charge in [-0.25, -0.2) is 9.78 Å². The third-order valence-electron chi connectivity index (χ3n) is 5.94. The van der Waals surface area contributed by atoms with Gasteiger partial charge in [0.15, 0.2) is 0 Å². The van der Waals surface area contributed by atoms with Crippen molar-refractivity contribution in [3.05, 3.63) is 59.7 Å². The Hall–Kier alpha value is -3.50. The standard InChI is InChI=1S/C21H24N4O2.C2HF3O2/c1-16-4-2-5-18(23-16)19(26)25-12-3-8-21(15-25)9-13-24(20(21)27)14-17-6-10-22-11-7-17;3-2(4,5)1(6)7/h2,4-7,10-11H,3,8-9,12-15H2,1H3;(H,6,7). The fourth-order valence-electron chi connectivity index (χ4n) is 4.26. The van der Waals surface area contributed by atoms with Gasteiger partial charge in [0.25, 0.3) is 5.91 Å². The van der Waals surface area contributed by atoms with Gasteiger partial charge in [0.2, 0.25) is 5.91 Å². The number of piperidine rings is 1. The number of nitrogens with zero attached hydrogens (tertiary/aromatic N) is 4. The van der Waals surface area contributed by atoms with Gasteiger partial charge < -0.3 is 14.9 Å².